The highest BCUT2D eigenvalue weighted by Gasteiger charge is 2.03. The first-order valence-corrected chi connectivity index (χ1v) is 6.13. The van der Waals surface area contributed by atoms with E-state index in [0.29, 0.717) is 24.9 Å². The van der Waals surface area contributed by atoms with Gasteiger partial charge < -0.3 is 14.6 Å². The standard InChI is InChI=1S/C14H20O4/c1-11(2)6-7-17-8-9-18-13-5-3-4-12(10-13)14(15)16/h3-5,10-11H,6-9H2,1-2H3,(H,15,16). The molecule has 0 amide bonds. The van der Waals surface area contributed by atoms with E-state index in [4.69, 9.17) is 14.6 Å². The van der Waals surface area contributed by atoms with Crippen molar-refractivity contribution >= 4 is 5.97 Å². The summed E-state index contributed by atoms with van der Waals surface area (Å²) in [6, 6.07) is 6.45. The topological polar surface area (TPSA) is 55.8 Å². The Hall–Kier alpha value is -1.55. The van der Waals surface area contributed by atoms with Crippen molar-refractivity contribution in [2.45, 2.75) is 20.3 Å². The van der Waals surface area contributed by atoms with Crippen LogP contribution in [0.4, 0.5) is 0 Å². The molecule has 4 heteroatoms. The molecule has 0 aliphatic heterocycles. The Labute approximate surface area is 108 Å². The van der Waals surface area contributed by atoms with Gasteiger partial charge in [-0.25, -0.2) is 4.79 Å². The van der Waals surface area contributed by atoms with E-state index in [-0.39, 0.29) is 5.56 Å². The first-order chi connectivity index (χ1) is 8.59. The molecule has 0 spiro atoms. The Morgan fingerprint density at radius 1 is 1.28 bits per heavy atom. The minimum atomic E-state index is -0.950. The van der Waals surface area contributed by atoms with Gasteiger partial charge in [-0.2, -0.15) is 0 Å². The van der Waals surface area contributed by atoms with E-state index < -0.39 is 5.97 Å². The number of carboxylic acid groups (broad SMARTS) is 1. The van der Waals surface area contributed by atoms with Crippen LogP contribution >= 0.6 is 0 Å². The Kier molecular flexibility index (Phi) is 6.22. The summed E-state index contributed by atoms with van der Waals surface area (Å²) in [5.41, 5.74) is 0.230. The maximum absolute atomic E-state index is 10.8. The summed E-state index contributed by atoms with van der Waals surface area (Å²) in [5, 5.41) is 8.82. The molecule has 0 saturated carbocycles. The molecule has 0 heterocycles. The molecule has 0 unspecified atom stereocenters. The van der Waals surface area contributed by atoms with Crippen LogP contribution in [0, 0.1) is 5.92 Å². The molecule has 0 bridgehead atoms. The van der Waals surface area contributed by atoms with E-state index >= 15 is 0 Å². The zero-order chi connectivity index (χ0) is 13.4. The molecule has 18 heavy (non-hydrogen) atoms. The second-order valence-electron chi connectivity index (χ2n) is 4.48. The lowest BCUT2D eigenvalue weighted by atomic mass is 10.1. The molecule has 0 aromatic heterocycles. The third-order valence-electron chi connectivity index (χ3n) is 2.42. The van der Waals surface area contributed by atoms with Gasteiger partial charge in [0, 0.05) is 6.61 Å². The van der Waals surface area contributed by atoms with Crippen LogP contribution in [-0.2, 0) is 4.74 Å². The van der Waals surface area contributed by atoms with Gasteiger partial charge in [0.1, 0.15) is 12.4 Å². The Bertz CT molecular complexity index is 374. The molecule has 1 aromatic rings. The van der Waals surface area contributed by atoms with Gasteiger partial charge in [0.15, 0.2) is 0 Å². The van der Waals surface area contributed by atoms with E-state index in [2.05, 4.69) is 13.8 Å². The van der Waals surface area contributed by atoms with Crippen molar-refractivity contribution < 1.29 is 19.4 Å². The van der Waals surface area contributed by atoms with Gasteiger partial charge in [-0.15, -0.1) is 0 Å². The SMILES string of the molecule is CC(C)CCOCCOc1cccc(C(=O)O)c1. The number of carbonyl (C=O) groups is 1. The zero-order valence-electron chi connectivity index (χ0n) is 10.9. The average Bonchev–Trinajstić information content (AvgIpc) is 2.33. The number of rotatable bonds is 8. The number of ether oxygens (including phenoxy) is 2. The van der Waals surface area contributed by atoms with E-state index in [1.165, 1.54) is 12.1 Å². The van der Waals surface area contributed by atoms with Crippen LogP contribution < -0.4 is 4.74 Å². The normalized spacial score (nSPS) is 10.6. The Balaban J connectivity index is 2.23. The molecule has 1 rings (SSSR count). The van der Waals surface area contributed by atoms with Gasteiger partial charge in [0.05, 0.1) is 12.2 Å². The summed E-state index contributed by atoms with van der Waals surface area (Å²) in [4.78, 5) is 10.8. The summed E-state index contributed by atoms with van der Waals surface area (Å²) in [5.74, 6) is 0.245. The third kappa shape index (κ3) is 5.68. The fourth-order valence-electron chi connectivity index (χ4n) is 1.36. The Morgan fingerprint density at radius 3 is 2.72 bits per heavy atom. The van der Waals surface area contributed by atoms with Gasteiger partial charge in [-0.3, -0.25) is 0 Å². The van der Waals surface area contributed by atoms with Crippen LogP contribution in [0.15, 0.2) is 24.3 Å². The largest absolute Gasteiger partial charge is 0.491 e. The number of hydrogen-bond acceptors (Lipinski definition) is 3. The quantitative estimate of drug-likeness (QED) is 0.723. The minimum absolute atomic E-state index is 0.230. The highest BCUT2D eigenvalue weighted by molar-refractivity contribution is 5.87. The molecular formula is C14H20O4. The molecular weight excluding hydrogens is 232 g/mol. The van der Waals surface area contributed by atoms with Gasteiger partial charge in [0.25, 0.3) is 0 Å². The fraction of sp³-hybridized carbons (Fsp3) is 0.500. The smallest absolute Gasteiger partial charge is 0.335 e. The molecule has 0 fully saturated rings. The highest BCUT2D eigenvalue weighted by Crippen LogP contribution is 2.13. The lowest BCUT2D eigenvalue weighted by Gasteiger charge is -2.08. The van der Waals surface area contributed by atoms with Crippen LogP contribution in [-0.4, -0.2) is 30.9 Å². The van der Waals surface area contributed by atoms with E-state index in [0.717, 1.165) is 13.0 Å². The van der Waals surface area contributed by atoms with Crippen LogP contribution in [0.2, 0.25) is 0 Å². The highest BCUT2D eigenvalue weighted by atomic mass is 16.5. The molecule has 1 N–H and O–H groups in total. The molecule has 0 aliphatic carbocycles. The van der Waals surface area contributed by atoms with Crippen molar-refractivity contribution in [2.24, 2.45) is 5.92 Å². The van der Waals surface area contributed by atoms with Crippen molar-refractivity contribution in [1.82, 2.24) is 0 Å². The summed E-state index contributed by atoms with van der Waals surface area (Å²) in [7, 11) is 0. The van der Waals surface area contributed by atoms with Gasteiger partial charge in [-0.1, -0.05) is 19.9 Å². The summed E-state index contributed by atoms with van der Waals surface area (Å²) >= 11 is 0. The lowest BCUT2D eigenvalue weighted by molar-refractivity contribution is 0.0696. The third-order valence-corrected chi connectivity index (χ3v) is 2.42. The van der Waals surface area contributed by atoms with Crippen molar-refractivity contribution in [2.75, 3.05) is 19.8 Å². The van der Waals surface area contributed by atoms with Gasteiger partial charge in [0.2, 0.25) is 0 Å². The Morgan fingerprint density at radius 2 is 2.06 bits per heavy atom. The minimum Gasteiger partial charge on any atom is -0.491 e. The number of carboxylic acids is 1. The van der Waals surface area contributed by atoms with Crippen molar-refractivity contribution in [3.63, 3.8) is 0 Å². The molecule has 0 radical (unpaired) electrons. The maximum atomic E-state index is 10.8. The van der Waals surface area contributed by atoms with Crippen LogP contribution in [0.1, 0.15) is 30.6 Å². The monoisotopic (exact) mass is 252 g/mol. The van der Waals surface area contributed by atoms with Crippen LogP contribution in [0.25, 0.3) is 0 Å². The molecule has 0 saturated heterocycles. The van der Waals surface area contributed by atoms with Crippen molar-refractivity contribution in [1.29, 1.82) is 0 Å². The molecule has 100 valence electrons. The predicted octanol–water partition coefficient (Wildman–Crippen LogP) is 2.83. The van der Waals surface area contributed by atoms with Crippen molar-refractivity contribution in [3.8, 4) is 5.75 Å². The van der Waals surface area contributed by atoms with Crippen molar-refractivity contribution in [3.05, 3.63) is 29.8 Å². The number of aromatic carboxylic acids is 1. The molecule has 4 nitrogen and oxygen atoms in total. The zero-order valence-corrected chi connectivity index (χ0v) is 10.9. The van der Waals surface area contributed by atoms with E-state index in [1.807, 2.05) is 0 Å². The predicted molar refractivity (Wildman–Crippen MR) is 69.2 cm³/mol. The number of benzene rings is 1. The van der Waals surface area contributed by atoms with Gasteiger partial charge in [-0.05, 0) is 30.5 Å². The average molecular weight is 252 g/mol. The summed E-state index contributed by atoms with van der Waals surface area (Å²) in [6.07, 6.45) is 1.04. The lowest BCUT2D eigenvalue weighted by Crippen LogP contribution is -2.09. The van der Waals surface area contributed by atoms with Crippen LogP contribution in [0.5, 0.6) is 5.75 Å². The maximum Gasteiger partial charge on any atom is 0.335 e. The first kappa shape index (κ1) is 14.5. The van der Waals surface area contributed by atoms with E-state index in [9.17, 15) is 4.79 Å². The van der Waals surface area contributed by atoms with E-state index in [1.54, 1.807) is 12.1 Å². The number of hydrogen-bond donors (Lipinski definition) is 1. The van der Waals surface area contributed by atoms with Gasteiger partial charge >= 0.3 is 5.97 Å². The first-order valence-electron chi connectivity index (χ1n) is 6.13. The summed E-state index contributed by atoms with van der Waals surface area (Å²) < 4.78 is 10.8. The second kappa shape index (κ2) is 7.71. The molecule has 0 atom stereocenters. The molecule has 0 aliphatic rings. The molecule has 1 aromatic carbocycles. The second-order valence-corrected chi connectivity index (χ2v) is 4.48. The fourth-order valence-corrected chi connectivity index (χ4v) is 1.36. The van der Waals surface area contributed by atoms with Crippen LogP contribution in [0.3, 0.4) is 0 Å². The summed E-state index contributed by atoms with van der Waals surface area (Å²) in [6.45, 7) is 5.98.